The number of carbonyl (C=O) groups is 1. The zero-order valence-corrected chi connectivity index (χ0v) is 18.6. The van der Waals surface area contributed by atoms with Crippen LogP contribution in [-0.2, 0) is 0 Å². The summed E-state index contributed by atoms with van der Waals surface area (Å²) >= 11 is 6.19. The van der Waals surface area contributed by atoms with Crippen molar-refractivity contribution in [3.05, 3.63) is 118 Å². The molecule has 2 atom stereocenters. The molecule has 1 unspecified atom stereocenters. The summed E-state index contributed by atoms with van der Waals surface area (Å²) in [5.74, 6) is -0.562. The van der Waals surface area contributed by atoms with E-state index in [2.05, 4.69) is 6.92 Å². The van der Waals surface area contributed by atoms with Crippen molar-refractivity contribution in [2.24, 2.45) is 5.73 Å². The van der Waals surface area contributed by atoms with Crippen molar-refractivity contribution in [1.29, 1.82) is 0 Å². The van der Waals surface area contributed by atoms with Crippen molar-refractivity contribution in [3.63, 3.8) is 0 Å². The second-order valence-electron chi connectivity index (χ2n) is 8.09. The van der Waals surface area contributed by atoms with Crippen molar-refractivity contribution in [1.82, 2.24) is 0 Å². The quantitative estimate of drug-likeness (QED) is 0.315. The Balaban J connectivity index is 1.93. The van der Waals surface area contributed by atoms with Crippen LogP contribution in [0.3, 0.4) is 0 Å². The van der Waals surface area contributed by atoms with Gasteiger partial charge < -0.3 is 5.73 Å². The average Bonchev–Trinajstić information content (AvgIpc) is 2.81. The summed E-state index contributed by atoms with van der Waals surface area (Å²) in [5, 5.41) is 2.19. The molecule has 0 aliphatic rings. The Labute approximate surface area is 192 Å². The second-order valence-corrected chi connectivity index (χ2v) is 8.53. The van der Waals surface area contributed by atoms with Gasteiger partial charge in [-0.25, -0.2) is 4.39 Å². The molecular weight excluding hydrogens is 421 g/mol. The first kappa shape index (κ1) is 22.0. The third-order valence-corrected chi connectivity index (χ3v) is 6.35. The molecule has 0 aromatic heterocycles. The summed E-state index contributed by atoms with van der Waals surface area (Å²) < 4.78 is 14.6. The highest BCUT2D eigenvalue weighted by molar-refractivity contribution is 6.30. The molecule has 0 heterocycles. The lowest BCUT2D eigenvalue weighted by Gasteiger charge is -2.30. The fraction of sp³-hybridized carbons (Fsp3) is 0.179. The Bertz CT molecular complexity index is 1230. The maximum absolute atomic E-state index is 14.6. The van der Waals surface area contributed by atoms with Gasteiger partial charge in [-0.15, -0.1) is 0 Å². The Morgan fingerprint density at radius 1 is 0.875 bits per heavy atom. The Morgan fingerprint density at radius 3 is 2.12 bits per heavy atom. The van der Waals surface area contributed by atoms with Gasteiger partial charge in [0.05, 0.1) is 0 Å². The van der Waals surface area contributed by atoms with Crippen molar-refractivity contribution >= 4 is 28.3 Å². The minimum Gasteiger partial charge on any atom is -0.366 e. The first-order chi connectivity index (χ1) is 15.5. The van der Waals surface area contributed by atoms with Gasteiger partial charge in [-0.3, -0.25) is 4.79 Å². The van der Waals surface area contributed by atoms with E-state index in [0.29, 0.717) is 16.0 Å². The summed E-state index contributed by atoms with van der Waals surface area (Å²) in [6.45, 7) is 2.16. The lowest BCUT2D eigenvalue weighted by atomic mass is 9.74. The monoisotopic (exact) mass is 445 g/mol. The van der Waals surface area contributed by atoms with Crippen molar-refractivity contribution in [2.45, 2.75) is 31.6 Å². The predicted octanol–water partition coefficient (Wildman–Crippen LogP) is 7.45. The van der Waals surface area contributed by atoms with Crippen molar-refractivity contribution < 1.29 is 9.18 Å². The summed E-state index contributed by atoms with van der Waals surface area (Å²) in [5.41, 5.74) is 9.23. The fourth-order valence-electron chi connectivity index (χ4n) is 4.59. The molecule has 0 fully saturated rings. The van der Waals surface area contributed by atoms with Crippen LogP contribution in [0.25, 0.3) is 10.8 Å². The van der Waals surface area contributed by atoms with Gasteiger partial charge in [-0.05, 0) is 64.7 Å². The molecule has 0 aliphatic carbocycles. The molecule has 2 nitrogen and oxygen atoms in total. The van der Waals surface area contributed by atoms with E-state index in [-0.39, 0.29) is 17.7 Å². The topological polar surface area (TPSA) is 43.1 Å². The predicted molar refractivity (Wildman–Crippen MR) is 130 cm³/mol. The molecule has 0 spiro atoms. The van der Waals surface area contributed by atoms with E-state index in [1.54, 1.807) is 18.2 Å². The normalized spacial score (nSPS) is 13.1. The maximum atomic E-state index is 14.6. The molecular formula is C28H25ClFNO. The van der Waals surface area contributed by atoms with E-state index in [1.165, 1.54) is 0 Å². The Morgan fingerprint density at radius 2 is 1.50 bits per heavy atom. The molecule has 0 radical (unpaired) electrons. The molecule has 32 heavy (non-hydrogen) atoms. The first-order valence-corrected chi connectivity index (χ1v) is 11.2. The highest BCUT2D eigenvalue weighted by atomic mass is 35.5. The molecule has 4 aromatic carbocycles. The van der Waals surface area contributed by atoms with Gasteiger partial charge in [0.1, 0.15) is 5.82 Å². The number of benzene rings is 4. The fourth-order valence-corrected chi connectivity index (χ4v) is 4.71. The average molecular weight is 446 g/mol. The molecule has 0 aliphatic heterocycles. The maximum Gasteiger partial charge on any atom is 0.248 e. The number of rotatable bonds is 7. The zero-order chi connectivity index (χ0) is 22.7. The van der Waals surface area contributed by atoms with Crippen LogP contribution >= 0.6 is 11.6 Å². The van der Waals surface area contributed by atoms with E-state index in [4.69, 9.17) is 17.3 Å². The van der Waals surface area contributed by atoms with E-state index in [9.17, 15) is 9.18 Å². The molecule has 1 amide bonds. The van der Waals surface area contributed by atoms with Crippen LogP contribution in [0.2, 0.25) is 5.02 Å². The van der Waals surface area contributed by atoms with Gasteiger partial charge in [-0.1, -0.05) is 79.5 Å². The smallest absolute Gasteiger partial charge is 0.248 e. The highest BCUT2D eigenvalue weighted by Gasteiger charge is 2.28. The minimum absolute atomic E-state index is 0.0165. The minimum atomic E-state index is -0.442. The molecule has 0 saturated heterocycles. The van der Waals surface area contributed by atoms with Crippen molar-refractivity contribution in [2.75, 3.05) is 0 Å². The second kappa shape index (κ2) is 9.54. The van der Waals surface area contributed by atoms with Crippen LogP contribution in [0.5, 0.6) is 0 Å². The SMILES string of the molecule is CCC[C@H](c1ccc(C(N)=O)cc1)C(c1ccc(Cl)cc1)c1ccc(F)c2ccccc12. The van der Waals surface area contributed by atoms with E-state index in [0.717, 1.165) is 34.9 Å². The van der Waals surface area contributed by atoms with Crippen LogP contribution in [0, 0.1) is 5.82 Å². The zero-order valence-electron chi connectivity index (χ0n) is 17.9. The van der Waals surface area contributed by atoms with Gasteiger partial charge in [-0.2, -0.15) is 0 Å². The van der Waals surface area contributed by atoms with E-state index >= 15 is 0 Å². The highest BCUT2D eigenvalue weighted by Crippen LogP contribution is 2.44. The van der Waals surface area contributed by atoms with E-state index in [1.807, 2.05) is 66.7 Å². The number of hydrogen-bond donors (Lipinski definition) is 1. The molecule has 4 heteroatoms. The van der Waals surface area contributed by atoms with Gasteiger partial charge in [0.15, 0.2) is 0 Å². The largest absolute Gasteiger partial charge is 0.366 e. The lowest BCUT2D eigenvalue weighted by Crippen LogP contribution is -2.15. The van der Waals surface area contributed by atoms with Crippen LogP contribution in [0.4, 0.5) is 4.39 Å². The molecule has 0 bridgehead atoms. The van der Waals surface area contributed by atoms with Crippen LogP contribution < -0.4 is 5.73 Å². The van der Waals surface area contributed by atoms with Gasteiger partial charge >= 0.3 is 0 Å². The number of halogens is 2. The first-order valence-electron chi connectivity index (χ1n) is 10.8. The number of fused-ring (bicyclic) bond motifs is 1. The third-order valence-electron chi connectivity index (χ3n) is 6.09. The van der Waals surface area contributed by atoms with Gasteiger partial charge in [0.25, 0.3) is 0 Å². The van der Waals surface area contributed by atoms with Gasteiger partial charge in [0, 0.05) is 21.9 Å². The summed E-state index contributed by atoms with van der Waals surface area (Å²) in [4.78, 5) is 11.6. The van der Waals surface area contributed by atoms with Crippen LogP contribution in [-0.4, -0.2) is 5.91 Å². The standard InChI is InChI=1S/C28H25ClFNO/c1-2-5-22(18-8-10-20(11-9-18)28(31)32)27(19-12-14-21(29)15-13-19)25-16-17-26(30)24-7-4-3-6-23(24)25/h3-4,6-17,22,27H,2,5H2,1H3,(H2,31,32)/t22-,27?/m1/s1. The number of nitrogens with two attached hydrogens (primary N) is 1. The molecule has 4 aromatic rings. The lowest BCUT2D eigenvalue weighted by molar-refractivity contribution is 0.100. The Hall–Kier alpha value is -3.17. The van der Waals surface area contributed by atoms with Crippen LogP contribution in [0.15, 0.2) is 84.9 Å². The third kappa shape index (κ3) is 4.39. The van der Waals surface area contributed by atoms with Gasteiger partial charge in [0.2, 0.25) is 5.91 Å². The number of carbonyl (C=O) groups excluding carboxylic acids is 1. The molecule has 0 saturated carbocycles. The molecule has 162 valence electrons. The molecule has 2 N–H and O–H groups in total. The van der Waals surface area contributed by atoms with E-state index < -0.39 is 5.91 Å². The number of primary amides is 1. The Kier molecular flexibility index (Phi) is 6.57. The van der Waals surface area contributed by atoms with Crippen LogP contribution in [0.1, 0.15) is 58.6 Å². The summed E-state index contributed by atoms with van der Waals surface area (Å²) in [6.07, 6.45) is 1.90. The summed E-state index contributed by atoms with van der Waals surface area (Å²) in [6, 6.07) is 26.5. The molecule has 4 rings (SSSR count). The number of amides is 1. The van der Waals surface area contributed by atoms with Crippen molar-refractivity contribution in [3.8, 4) is 0 Å². The summed E-state index contributed by atoms with van der Waals surface area (Å²) in [7, 11) is 0. The number of hydrogen-bond acceptors (Lipinski definition) is 1.